The lowest BCUT2D eigenvalue weighted by Gasteiger charge is -2.29. The van der Waals surface area contributed by atoms with Gasteiger partial charge in [0.2, 0.25) is 0 Å². The highest BCUT2D eigenvalue weighted by Crippen LogP contribution is 2.14. The fourth-order valence-corrected chi connectivity index (χ4v) is 2.61. The van der Waals surface area contributed by atoms with Crippen LogP contribution in [0.3, 0.4) is 0 Å². The molecule has 18 heavy (non-hydrogen) atoms. The molecule has 0 atom stereocenters. The second-order valence-electron chi connectivity index (χ2n) is 5.46. The minimum absolute atomic E-state index is 0.851. The summed E-state index contributed by atoms with van der Waals surface area (Å²) in [7, 11) is 2.22. The van der Waals surface area contributed by atoms with E-state index in [2.05, 4.69) is 33.7 Å². The summed E-state index contributed by atoms with van der Waals surface area (Å²) in [5.74, 6) is 0.851. The van der Waals surface area contributed by atoms with E-state index in [4.69, 9.17) is 0 Å². The molecule has 0 spiro atoms. The first kappa shape index (κ1) is 13.6. The third kappa shape index (κ3) is 3.82. The fourth-order valence-electron chi connectivity index (χ4n) is 2.61. The van der Waals surface area contributed by atoms with Gasteiger partial charge < -0.3 is 14.8 Å². The van der Waals surface area contributed by atoms with E-state index in [1.165, 1.54) is 31.6 Å². The molecule has 2 heterocycles. The second-order valence-corrected chi connectivity index (χ2v) is 5.46. The summed E-state index contributed by atoms with van der Waals surface area (Å²) < 4.78 is 2.25. The van der Waals surface area contributed by atoms with Crippen LogP contribution >= 0.6 is 0 Å². The van der Waals surface area contributed by atoms with E-state index in [1.54, 1.807) is 0 Å². The van der Waals surface area contributed by atoms with Crippen LogP contribution in [-0.4, -0.2) is 41.1 Å². The van der Waals surface area contributed by atoms with Crippen molar-refractivity contribution in [3.63, 3.8) is 0 Å². The maximum absolute atomic E-state index is 4.23. The summed E-state index contributed by atoms with van der Waals surface area (Å²) in [6.45, 7) is 7.87. The molecule has 1 N–H and O–H groups in total. The van der Waals surface area contributed by atoms with Gasteiger partial charge in [0.15, 0.2) is 0 Å². The van der Waals surface area contributed by atoms with Gasteiger partial charge in [-0.15, -0.1) is 0 Å². The third-order valence-electron chi connectivity index (χ3n) is 3.84. The number of aryl methyl sites for hydroxylation is 1. The Hall–Kier alpha value is -0.870. The first-order valence-corrected chi connectivity index (χ1v) is 7.18. The molecule has 1 aliphatic heterocycles. The maximum atomic E-state index is 4.23. The van der Waals surface area contributed by atoms with Crippen LogP contribution in [0.25, 0.3) is 0 Å². The van der Waals surface area contributed by atoms with Crippen molar-refractivity contribution in [2.45, 2.75) is 39.3 Å². The largest absolute Gasteiger partial charge is 0.333 e. The zero-order valence-corrected chi connectivity index (χ0v) is 11.7. The first-order valence-electron chi connectivity index (χ1n) is 7.18. The van der Waals surface area contributed by atoms with Gasteiger partial charge in [0.05, 0.1) is 12.0 Å². The van der Waals surface area contributed by atoms with Gasteiger partial charge in [0.1, 0.15) is 0 Å². The van der Waals surface area contributed by atoms with E-state index >= 15 is 0 Å². The predicted molar refractivity (Wildman–Crippen MR) is 74.4 cm³/mol. The summed E-state index contributed by atoms with van der Waals surface area (Å²) in [5, 5.41) is 3.59. The molecular formula is C14H26N4. The van der Waals surface area contributed by atoms with Gasteiger partial charge in [-0.1, -0.05) is 6.92 Å². The number of rotatable bonds is 6. The van der Waals surface area contributed by atoms with Gasteiger partial charge in [-0.05, 0) is 51.9 Å². The van der Waals surface area contributed by atoms with Crippen LogP contribution in [0.4, 0.5) is 0 Å². The number of nitrogens with one attached hydrogen (secondary N) is 1. The van der Waals surface area contributed by atoms with E-state index < -0.39 is 0 Å². The highest BCUT2D eigenvalue weighted by molar-refractivity contribution is 4.97. The molecule has 0 amide bonds. The van der Waals surface area contributed by atoms with E-state index in [0.717, 1.165) is 32.0 Å². The van der Waals surface area contributed by atoms with Crippen LogP contribution < -0.4 is 5.32 Å². The second kappa shape index (κ2) is 6.90. The van der Waals surface area contributed by atoms with Crippen LogP contribution in [0.1, 0.15) is 31.9 Å². The first-order chi connectivity index (χ1) is 8.79. The van der Waals surface area contributed by atoms with Gasteiger partial charge in [-0.2, -0.15) is 0 Å². The minimum Gasteiger partial charge on any atom is -0.333 e. The average Bonchev–Trinajstić information content (AvgIpc) is 2.80. The van der Waals surface area contributed by atoms with Crippen LogP contribution in [0, 0.1) is 5.92 Å². The fraction of sp³-hybridized carbons (Fsp3) is 0.786. The number of aromatic nitrogens is 2. The Labute approximate surface area is 110 Å². The van der Waals surface area contributed by atoms with E-state index in [9.17, 15) is 0 Å². The Kier molecular flexibility index (Phi) is 5.20. The number of nitrogens with zero attached hydrogens (tertiary/aromatic N) is 3. The molecule has 1 fully saturated rings. The van der Waals surface area contributed by atoms with E-state index in [-0.39, 0.29) is 0 Å². The standard InChI is InChI=1S/C14H26N4/c1-3-6-18-12-16-11-14(18)10-15-9-13-4-7-17(2)8-5-13/h11-13,15H,3-10H2,1-2H3. The molecule has 1 saturated heterocycles. The van der Waals surface area contributed by atoms with Gasteiger partial charge in [0, 0.05) is 19.3 Å². The molecule has 1 aliphatic rings. The molecule has 0 radical (unpaired) electrons. The molecule has 4 nitrogen and oxygen atoms in total. The van der Waals surface area contributed by atoms with Crippen molar-refractivity contribution >= 4 is 0 Å². The highest BCUT2D eigenvalue weighted by atomic mass is 15.1. The summed E-state index contributed by atoms with van der Waals surface area (Å²) in [5.41, 5.74) is 1.31. The quantitative estimate of drug-likeness (QED) is 0.834. The van der Waals surface area contributed by atoms with Crippen LogP contribution in [-0.2, 0) is 13.1 Å². The van der Waals surface area contributed by atoms with E-state index in [1.807, 2.05) is 12.5 Å². The monoisotopic (exact) mass is 250 g/mol. The Morgan fingerprint density at radius 2 is 2.17 bits per heavy atom. The van der Waals surface area contributed by atoms with Crippen molar-refractivity contribution in [2.24, 2.45) is 5.92 Å². The molecule has 0 aromatic carbocycles. The summed E-state index contributed by atoms with van der Waals surface area (Å²) >= 11 is 0. The average molecular weight is 250 g/mol. The summed E-state index contributed by atoms with van der Waals surface area (Å²) in [6, 6.07) is 0. The van der Waals surface area contributed by atoms with Gasteiger partial charge >= 0.3 is 0 Å². The predicted octanol–water partition coefficient (Wildman–Crippen LogP) is 1.72. The summed E-state index contributed by atoms with van der Waals surface area (Å²) in [4.78, 5) is 6.66. The lowest BCUT2D eigenvalue weighted by molar-refractivity contribution is 0.215. The molecule has 0 aliphatic carbocycles. The van der Waals surface area contributed by atoms with Crippen LogP contribution in [0.2, 0.25) is 0 Å². The highest BCUT2D eigenvalue weighted by Gasteiger charge is 2.16. The molecule has 1 aromatic heterocycles. The van der Waals surface area contributed by atoms with Gasteiger partial charge in [0.25, 0.3) is 0 Å². The molecule has 2 rings (SSSR count). The minimum atomic E-state index is 0.851. The van der Waals surface area contributed by atoms with Crippen molar-refractivity contribution < 1.29 is 0 Å². The maximum Gasteiger partial charge on any atom is 0.0948 e. The van der Waals surface area contributed by atoms with Crippen molar-refractivity contribution in [1.29, 1.82) is 0 Å². The number of hydrogen-bond acceptors (Lipinski definition) is 3. The van der Waals surface area contributed by atoms with Crippen LogP contribution in [0.5, 0.6) is 0 Å². The molecule has 0 saturated carbocycles. The topological polar surface area (TPSA) is 33.1 Å². The molecular weight excluding hydrogens is 224 g/mol. The number of piperidine rings is 1. The lowest BCUT2D eigenvalue weighted by Crippen LogP contribution is -2.35. The molecule has 0 unspecified atom stereocenters. The van der Waals surface area contributed by atoms with Crippen molar-refractivity contribution in [1.82, 2.24) is 19.8 Å². The van der Waals surface area contributed by atoms with Gasteiger partial charge in [-0.3, -0.25) is 0 Å². The molecule has 1 aromatic rings. The number of likely N-dealkylation sites (tertiary alicyclic amines) is 1. The summed E-state index contributed by atoms with van der Waals surface area (Å²) in [6.07, 6.45) is 7.75. The molecule has 0 bridgehead atoms. The zero-order chi connectivity index (χ0) is 12.8. The Balaban J connectivity index is 1.70. The smallest absolute Gasteiger partial charge is 0.0948 e. The van der Waals surface area contributed by atoms with Crippen LogP contribution in [0.15, 0.2) is 12.5 Å². The Morgan fingerprint density at radius 3 is 2.89 bits per heavy atom. The Morgan fingerprint density at radius 1 is 1.39 bits per heavy atom. The molecule has 102 valence electrons. The zero-order valence-electron chi connectivity index (χ0n) is 11.7. The number of hydrogen-bond donors (Lipinski definition) is 1. The number of imidazole rings is 1. The van der Waals surface area contributed by atoms with Crippen molar-refractivity contribution in [2.75, 3.05) is 26.7 Å². The lowest BCUT2D eigenvalue weighted by atomic mass is 9.97. The van der Waals surface area contributed by atoms with Crippen molar-refractivity contribution in [3.05, 3.63) is 18.2 Å². The van der Waals surface area contributed by atoms with Gasteiger partial charge in [-0.25, -0.2) is 4.98 Å². The van der Waals surface area contributed by atoms with Crippen molar-refractivity contribution in [3.8, 4) is 0 Å². The SMILES string of the molecule is CCCn1cncc1CNCC1CCN(C)CC1. The Bertz CT molecular complexity index is 339. The van der Waals surface area contributed by atoms with E-state index in [0.29, 0.717) is 0 Å². The third-order valence-corrected chi connectivity index (χ3v) is 3.84. The normalized spacial score (nSPS) is 18.3. The molecule has 4 heteroatoms.